The molecule has 0 aromatic carbocycles. The van der Waals surface area contributed by atoms with Gasteiger partial charge in [-0.05, 0) is 6.92 Å². The first kappa shape index (κ1) is 15.6. The summed E-state index contributed by atoms with van der Waals surface area (Å²) in [6.45, 7) is 5.04. The van der Waals surface area contributed by atoms with Crippen LogP contribution < -0.4 is 5.32 Å². The van der Waals surface area contributed by atoms with Gasteiger partial charge in [0.15, 0.2) is 5.82 Å². The fraction of sp³-hybridized carbons (Fsp3) is 0.500. The van der Waals surface area contributed by atoms with E-state index in [1.807, 2.05) is 6.92 Å². The molecule has 1 amide bonds. The zero-order valence-corrected chi connectivity index (χ0v) is 14.2. The van der Waals surface area contributed by atoms with E-state index in [2.05, 4.69) is 30.5 Å². The van der Waals surface area contributed by atoms with Crippen LogP contribution in [-0.4, -0.2) is 51.6 Å². The highest BCUT2D eigenvalue weighted by atomic mass is 32.1. The van der Waals surface area contributed by atoms with Gasteiger partial charge in [0.1, 0.15) is 5.01 Å². The molecule has 8 heteroatoms. The highest BCUT2D eigenvalue weighted by Crippen LogP contribution is 2.35. The number of amides is 1. The van der Waals surface area contributed by atoms with Gasteiger partial charge in [0, 0.05) is 42.5 Å². The highest BCUT2D eigenvalue weighted by molar-refractivity contribution is 7.09. The molecule has 2 fully saturated rings. The number of likely N-dealkylation sites (tertiary alicyclic amines) is 1. The molecule has 2 aromatic heterocycles. The first-order valence-electron chi connectivity index (χ1n) is 8.01. The maximum absolute atomic E-state index is 12.5. The van der Waals surface area contributed by atoms with E-state index in [4.69, 9.17) is 4.74 Å². The summed E-state index contributed by atoms with van der Waals surface area (Å²) in [5.41, 5.74) is 1.06. The van der Waals surface area contributed by atoms with Gasteiger partial charge in [0.2, 0.25) is 5.91 Å². The standard InChI is InChI=1S/C16H19N5O2S/c1-10-9-24-15(19-10)7-21-5-11-12(8-23-13(11)6-21)16(22)20-14-4-17-2-3-18-14/h2-4,9,11-13H,5-8H2,1H3,(H,18,20,22)/t11-,12+,13-/m1/s1. The Morgan fingerprint density at radius 3 is 3.12 bits per heavy atom. The molecule has 4 rings (SSSR count). The first-order valence-corrected chi connectivity index (χ1v) is 8.89. The number of rotatable bonds is 4. The molecule has 126 valence electrons. The van der Waals surface area contributed by atoms with Gasteiger partial charge in [-0.2, -0.15) is 0 Å². The summed E-state index contributed by atoms with van der Waals surface area (Å²) in [6, 6.07) is 0. The predicted octanol–water partition coefficient (Wildman–Crippen LogP) is 1.33. The number of nitrogens with zero attached hydrogens (tertiary/aromatic N) is 4. The topological polar surface area (TPSA) is 80.2 Å². The van der Waals surface area contributed by atoms with Gasteiger partial charge in [-0.25, -0.2) is 9.97 Å². The summed E-state index contributed by atoms with van der Waals surface area (Å²) in [5.74, 6) is 0.539. The summed E-state index contributed by atoms with van der Waals surface area (Å²) >= 11 is 1.69. The fourth-order valence-electron chi connectivity index (χ4n) is 3.44. The summed E-state index contributed by atoms with van der Waals surface area (Å²) in [5, 5.41) is 6.03. The SMILES string of the molecule is Cc1csc(CN2C[C@@H]3[C@@H](C(=O)Nc4cnccn4)CO[C@@H]3C2)n1. The third-order valence-corrected chi connectivity index (χ3v) is 5.52. The second-order valence-corrected chi connectivity index (χ2v) is 7.24. The predicted molar refractivity (Wildman–Crippen MR) is 89.5 cm³/mol. The minimum Gasteiger partial charge on any atom is -0.376 e. The van der Waals surface area contributed by atoms with Gasteiger partial charge < -0.3 is 10.1 Å². The number of aryl methyl sites for hydroxylation is 1. The van der Waals surface area contributed by atoms with Crippen molar-refractivity contribution in [3.63, 3.8) is 0 Å². The average molecular weight is 345 g/mol. The van der Waals surface area contributed by atoms with E-state index in [9.17, 15) is 4.79 Å². The van der Waals surface area contributed by atoms with Gasteiger partial charge in [-0.3, -0.25) is 14.7 Å². The van der Waals surface area contributed by atoms with Crippen molar-refractivity contribution in [3.05, 3.63) is 34.7 Å². The number of aromatic nitrogens is 3. The molecule has 2 aliphatic heterocycles. The van der Waals surface area contributed by atoms with Crippen molar-refractivity contribution < 1.29 is 9.53 Å². The lowest BCUT2D eigenvalue weighted by atomic mass is 9.92. The number of nitrogens with one attached hydrogen (secondary N) is 1. The third-order valence-electron chi connectivity index (χ3n) is 4.57. The molecular weight excluding hydrogens is 326 g/mol. The molecular formula is C16H19N5O2S. The van der Waals surface area contributed by atoms with Crippen LogP contribution in [0.2, 0.25) is 0 Å². The van der Waals surface area contributed by atoms with Crippen LogP contribution in [0.25, 0.3) is 0 Å². The molecule has 0 unspecified atom stereocenters. The Kier molecular flexibility index (Phi) is 4.26. The number of ether oxygens (including phenoxy) is 1. The molecule has 0 bridgehead atoms. The van der Waals surface area contributed by atoms with Crippen LogP contribution >= 0.6 is 11.3 Å². The summed E-state index contributed by atoms with van der Waals surface area (Å²) in [7, 11) is 0. The van der Waals surface area contributed by atoms with Crippen LogP contribution in [0, 0.1) is 18.8 Å². The number of fused-ring (bicyclic) bond motifs is 1. The molecule has 0 saturated carbocycles. The van der Waals surface area contributed by atoms with Gasteiger partial charge >= 0.3 is 0 Å². The maximum atomic E-state index is 12.5. The number of thiazole rings is 1. The average Bonchev–Trinajstić information content (AvgIpc) is 3.24. The maximum Gasteiger partial charge on any atom is 0.231 e. The van der Waals surface area contributed by atoms with Crippen molar-refractivity contribution >= 4 is 23.1 Å². The zero-order valence-electron chi connectivity index (χ0n) is 13.4. The van der Waals surface area contributed by atoms with Crippen LogP contribution in [0.1, 0.15) is 10.7 Å². The Hall–Kier alpha value is -1.90. The van der Waals surface area contributed by atoms with E-state index >= 15 is 0 Å². The van der Waals surface area contributed by atoms with Crippen LogP contribution in [0.4, 0.5) is 5.82 Å². The molecule has 7 nitrogen and oxygen atoms in total. The van der Waals surface area contributed by atoms with E-state index < -0.39 is 0 Å². The minimum atomic E-state index is -0.139. The normalized spacial score (nSPS) is 26.5. The summed E-state index contributed by atoms with van der Waals surface area (Å²) in [6.07, 6.45) is 4.83. The van der Waals surface area contributed by atoms with E-state index in [0.717, 1.165) is 30.3 Å². The number of carbonyl (C=O) groups is 1. The van der Waals surface area contributed by atoms with Crippen molar-refractivity contribution in [2.45, 2.75) is 19.6 Å². The number of anilines is 1. The van der Waals surface area contributed by atoms with Crippen LogP contribution in [0.3, 0.4) is 0 Å². The van der Waals surface area contributed by atoms with Crippen molar-refractivity contribution in [2.75, 3.05) is 25.0 Å². The monoisotopic (exact) mass is 345 g/mol. The number of hydrogen-bond donors (Lipinski definition) is 1. The Bertz CT molecular complexity index is 722. The lowest BCUT2D eigenvalue weighted by Crippen LogP contribution is -2.32. The highest BCUT2D eigenvalue weighted by Gasteiger charge is 2.46. The van der Waals surface area contributed by atoms with Crippen molar-refractivity contribution in [3.8, 4) is 0 Å². The summed E-state index contributed by atoms with van der Waals surface area (Å²) in [4.78, 5) is 27.5. The Morgan fingerprint density at radius 2 is 2.38 bits per heavy atom. The Morgan fingerprint density at radius 1 is 1.46 bits per heavy atom. The number of carbonyl (C=O) groups excluding carboxylic acids is 1. The Labute approximate surface area is 144 Å². The lowest BCUT2D eigenvalue weighted by Gasteiger charge is -2.18. The van der Waals surface area contributed by atoms with Gasteiger partial charge in [-0.15, -0.1) is 11.3 Å². The van der Waals surface area contributed by atoms with E-state index in [1.165, 1.54) is 0 Å². The molecule has 0 radical (unpaired) electrons. The smallest absolute Gasteiger partial charge is 0.231 e. The van der Waals surface area contributed by atoms with E-state index in [-0.39, 0.29) is 23.8 Å². The summed E-state index contributed by atoms with van der Waals surface area (Å²) < 4.78 is 5.87. The van der Waals surface area contributed by atoms with Gasteiger partial charge in [0.25, 0.3) is 0 Å². The fourth-order valence-corrected chi connectivity index (χ4v) is 4.26. The molecule has 3 atom stereocenters. The van der Waals surface area contributed by atoms with Crippen LogP contribution in [-0.2, 0) is 16.1 Å². The molecule has 2 saturated heterocycles. The van der Waals surface area contributed by atoms with Gasteiger partial charge in [-0.1, -0.05) is 0 Å². The van der Waals surface area contributed by atoms with Crippen molar-refractivity contribution in [1.29, 1.82) is 0 Å². The quantitative estimate of drug-likeness (QED) is 0.900. The number of hydrogen-bond acceptors (Lipinski definition) is 7. The Balaban J connectivity index is 1.38. The molecule has 0 spiro atoms. The molecule has 2 aromatic rings. The van der Waals surface area contributed by atoms with E-state index in [0.29, 0.717) is 12.4 Å². The second kappa shape index (κ2) is 6.54. The molecule has 1 N–H and O–H groups in total. The minimum absolute atomic E-state index is 0.0325. The van der Waals surface area contributed by atoms with Crippen molar-refractivity contribution in [2.24, 2.45) is 11.8 Å². The van der Waals surface area contributed by atoms with Crippen molar-refractivity contribution in [1.82, 2.24) is 19.9 Å². The second-order valence-electron chi connectivity index (χ2n) is 6.30. The third kappa shape index (κ3) is 3.17. The van der Waals surface area contributed by atoms with Crippen LogP contribution in [0.15, 0.2) is 24.0 Å². The molecule has 0 aliphatic carbocycles. The zero-order chi connectivity index (χ0) is 16.5. The first-order chi connectivity index (χ1) is 11.7. The largest absolute Gasteiger partial charge is 0.376 e. The molecule has 24 heavy (non-hydrogen) atoms. The molecule has 2 aliphatic rings. The molecule has 4 heterocycles. The van der Waals surface area contributed by atoms with Crippen LogP contribution in [0.5, 0.6) is 0 Å². The lowest BCUT2D eigenvalue weighted by molar-refractivity contribution is -0.120. The van der Waals surface area contributed by atoms with E-state index in [1.54, 1.807) is 29.9 Å². The van der Waals surface area contributed by atoms with Gasteiger partial charge in [0.05, 0.1) is 31.4 Å².